The third-order valence-corrected chi connectivity index (χ3v) is 2.34. The van der Waals surface area contributed by atoms with Gasteiger partial charge in [-0.1, -0.05) is 0 Å². The first kappa shape index (κ1) is 8.96. The van der Waals surface area contributed by atoms with Gasteiger partial charge in [0, 0.05) is 17.8 Å². The molecule has 0 aromatic carbocycles. The molecule has 1 N–H and O–H groups in total. The van der Waals surface area contributed by atoms with Gasteiger partial charge in [0.25, 0.3) is 0 Å². The van der Waals surface area contributed by atoms with Crippen molar-refractivity contribution in [1.29, 1.82) is 0 Å². The molecule has 0 aliphatic heterocycles. The van der Waals surface area contributed by atoms with Gasteiger partial charge in [-0.2, -0.15) is 0 Å². The zero-order valence-corrected chi connectivity index (χ0v) is 6.60. The Balaban J connectivity index is 2.39. The molecule has 5 heteroatoms. The van der Waals surface area contributed by atoms with Gasteiger partial charge in [0.1, 0.15) is 0 Å². The van der Waals surface area contributed by atoms with E-state index in [-0.39, 0.29) is 10.8 Å². The molecule has 1 saturated carbocycles. The van der Waals surface area contributed by atoms with E-state index in [1.165, 1.54) is 0 Å². The van der Waals surface area contributed by atoms with Crippen LogP contribution in [-0.4, -0.2) is 22.0 Å². The summed E-state index contributed by atoms with van der Waals surface area (Å²) in [5.41, 5.74) is 0. The minimum atomic E-state index is -0.822. The highest BCUT2D eigenvalue weighted by atomic mass is 16.6. The van der Waals surface area contributed by atoms with E-state index in [0.29, 0.717) is 25.7 Å². The smallest absolute Gasteiger partial charge is 0.306 e. The summed E-state index contributed by atoms with van der Waals surface area (Å²) in [5.74, 6) is -1.18. The summed E-state index contributed by atoms with van der Waals surface area (Å²) >= 11 is 0. The van der Waals surface area contributed by atoms with Gasteiger partial charge in [-0.3, -0.25) is 14.9 Å². The molecule has 0 atom stereocenters. The summed E-state index contributed by atoms with van der Waals surface area (Å²) in [6.07, 6.45) is 1.70. The van der Waals surface area contributed by atoms with E-state index in [2.05, 4.69) is 0 Å². The van der Waals surface area contributed by atoms with Crippen molar-refractivity contribution in [1.82, 2.24) is 0 Å². The largest absolute Gasteiger partial charge is 0.481 e. The van der Waals surface area contributed by atoms with Crippen LogP contribution in [0.2, 0.25) is 0 Å². The van der Waals surface area contributed by atoms with Crippen LogP contribution in [0.1, 0.15) is 25.7 Å². The van der Waals surface area contributed by atoms with Crippen LogP contribution in [0.4, 0.5) is 0 Å². The zero-order chi connectivity index (χ0) is 9.14. The summed E-state index contributed by atoms with van der Waals surface area (Å²) < 4.78 is 0. The average molecular weight is 173 g/mol. The number of rotatable bonds is 2. The lowest BCUT2D eigenvalue weighted by molar-refractivity contribution is -0.526. The molecule has 0 radical (unpaired) electrons. The first-order valence-electron chi connectivity index (χ1n) is 3.97. The maximum atomic E-state index is 10.5. The van der Waals surface area contributed by atoms with E-state index >= 15 is 0 Å². The Morgan fingerprint density at radius 3 is 2.17 bits per heavy atom. The van der Waals surface area contributed by atoms with E-state index < -0.39 is 12.0 Å². The normalized spacial score (nSPS) is 29.7. The van der Waals surface area contributed by atoms with Gasteiger partial charge in [-0.25, -0.2) is 0 Å². The molecule has 1 aliphatic carbocycles. The predicted octanol–water partition coefficient (Wildman–Crippen LogP) is 0.906. The van der Waals surface area contributed by atoms with Crippen LogP contribution in [-0.2, 0) is 4.79 Å². The number of carboxylic acid groups (broad SMARTS) is 1. The number of nitrogens with zero attached hydrogens (tertiary/aromatic N) is 1. The third-order valence-electron chi connectivity index (χ3n) is 2.34. The van der Waals surface area contributed by atoms with E-state index in [9.17, 15) is 14.9 Å². The molecule has 0 unspecified atom stereocenters. The molecule has 0 aromatic rings. The first-order chi connectivity index (χ1) is 5.61. The Morgan fingerprint density at radius 1 is 1.33 bits per heavy atom. The van der Waals surface area contributed by atoms with Gasteiger partial charge in [0.05, 0.1) is 5.92 Å². The van der Waals surface area contributed by atoms with Crippen molar-refractivity contribution < 1.29 is 14.8 Å². The average Bonchev–Trinajstić information content (AvgIpc) is 2.04. The number of hydrogen-bond donors (Lipinski definition) is 1. The fraction of sp³-hybridized carbons (Fsp3) is 0.857. The lowest BCUT2D eigenvalue weighted by atomic mass is 9.86. The Morgan fingerprint density at radius 2 is 1.83 bits per heavy atom. The van der Waals surface area contributed by atoms with Crippen LogP contribution >= 0.6 is 0 Å². The Bertz CT molecular complexity index is 174. The molecular weight excluding hydrogens is 162 g/mol. The second-order valence-electron chi connectivity index (χ2n) is 3.13. The highest BCUT2D eigenvalue weighted by Crippen LogP contribution is 2.25. The van der Waals surface area contributed by atoms with Crippen molar-refractivity contribution in [2.75, 3.05) is 0 Å². The number of aliphatic carboxylic acids is 1. The van der Waals surface area contributed by atoms with Crippen molar-refractivity contribution in [3.8, 4) is 0 Å². The lowest BCUT2D eigenvalue weighted by Crippen LogP contribution is -2.29. The number of carboxylic acids is 1. The molecule has 12 heavy (non-hydrogen) atoms. The maximum absolute atomic E-state index is 10.5. The van der Waals surface area contributed by atoms with Crippen LogP contribution < -0.4 is 0 Å². The van der Waals surface area contributed by atoms with Crippen molar-refractivity contribution in [2.45, 2.75) is 31.7 Å². The molecule has 0 aromatic heterocycles. The molecule has 0 heterocycles. The molecule has 0 bridgehead atoms. The Hall–Kier alpha value is -1.13. The third kappa shape index (κ3) is 1.93. The van der Waals surface area contributed by atoms with Crippen LogP contribution in [0.5, 0.6) is 0 Å². The number of carbonyl (C=O) groups is 1. The van der Waals surface area contributed by atoms with Gasteiger partial charge in [-0.05, 0) is 12.8 Å². The fourth-order valence-electron chi connectivity index (χ4n) is 1.53. The second-order valence-corrected chi connectivity index (χ2v) is 3.13. The van der Waals surface area contributed by atoms with Crippen LogP contribution in [0, 0.1) is 16.0 Å². The highest BCUT2D eigenvalue weighted by Gasteiger charge is 2.31. The number of hydrogen-bond acceptors (Lipinski definition) is 3. The monoisotopic (exact) mass is 173 g/mol. The van der Waals surface area contributed by atoms with Gasteiger partial charge in [0.15, 0.2) is 0 Å². The molecule has 1 fully saturated rings. The molecule has 5 nitrogen and oxygen atoms in total. The van der Waals surface area contributed by atoms with Crippen molar-refractivity contribution >= 4 is 5.97 Å². The SMILES string of the molecule is O=C(O)C1CCC([N+](=O)[O-])CC1. The molecule has 0 saturated heterocycles. The van der Waals surface area contributed by atoms with Crippen molar-refractivity contribution in [3.63, 3.8) is 0 Å². The van der Waals surface area contributed by atoms with Gasteiger partial charge < -0.3 is 5.11 Å². The quantitative estimate of drug-likeness (QED) is 0.497. The summed E-state index contributed by atoms with van der Waals surface area (Å²) in [6.45, 7) is 0. The van der Waals surface area contributed by atoms with Crippen LogP contribution in [0.3, 0.4) is 0 Å². The maximum Gasteiger partial charge on any atom is 0.306 e. The van der Waals surface area contributed by atoms with Gasteiger partial charge in [0.2, 0.25) is 6.04 Å². The Kier molecular flexibility index (Phi) is 2.62. The van der Waals surface area contributed by atoms with E-state index in [4.69, 9.17) is 5.11 Å². The minimum absolute atomic E-state index is 0.307. The van der Waals surface area contributed by atoms with Crippen molar-refractivity contribution in [2.24, 2.45) is 5.92 Å². The summed E-state index contributed by atoms with van der Waals surface area (Å²) in [7, 11) is 0. The molecule has 0 amide bonds. The molecular formula is C7H11NO4. The summed E-state index contributed by atoms with van der Waals surface area (Å²) in [4.78, 5) is 20.4. The van der Waals surface area contributed by atoms with E-state index in [1.807, 2.05) is 0 Å². The minimum Gasteiger partial charge on any atom is -0.481 e. The number of nitro groups is 1. The highest BCUT2D eigenvalue weighted by molar-refractivity contribution is 5.69. The summed E-state index contributed by atoms with van der Waals surface area (Å²) in [6, 6.07) is -0.513. The van der Waals surface area contributed by atoms with Crippen molar-refractivity contribution in [3.05, 3.63) is 10.1 Å². The molecule has 1 rings (SSSR count). The van der Waals surface area contributed by atoms with E-state index in [1.54, 1.807) is 0 Å². The molecule has 0 spiro atoms. The molecule has 1 aliphatic rings. The van der Waals surface area contributed by atoms with Crippen LogP contribution in [0.15, 0.2) is 0 Å². The van der Waals surface area contributed by atoms with Crippen LogP contribution in [0.25, 0.3) is 0 Å². The topological polar surface area (TPSA) is 80.4 Å². The Labute approximate surface area is 69.5 Å². The summed E-state index contributed by atoms with van der Waals surface area (Å²) in [5, 5.41) is 18.9. The van der Waals surface area contributed by atoms with Gasteiger partial charge >= 0.3 is 5.97 Å². The predicted molar refractivity (Wildman–Crippen MR) is 40.4 cm³/mol. The second kappa shape index (κ2) is 3.51. The fourth-order valence-corrected chi connectivity index (χ4v) is 1.53. The van der Waals surface area contributed by atoms with Gasteiger partial charge in [-0.15, -0.1) is 0 Å². The van der Waals surface area contributed by atoms with E-state index in [0.717, 1.165) is 0 Å². The first-order valence-corrected chi connectivity index (χ1v) is 3.97. The lowest BCUT2D eigenvalue weighted by Gasteiger charge is -2.20. The zero-order valence-electron chi connectivity index (χ0n) is 6.60. The molecule has 68 valence electrons. The standard InChI is InChI=1S/C7H11NO4/c9-7(10)5-1-3-6(4-2-5)8(11)12/h5-6H,1-4H2,(H,9,10).